The highest BCUT2D eigenvalue weighted by atomic mass is 32.1. The number of carbonyl (C=O) groups excluding carboxylic acids is 1. The lowest BCUT2D eigenvalue weighted by Crippen LogP contribution is -2.25. The van der Waals surface area contributed by atoms with Crippen molar-refractivity contribution < 1.29 is 9.53 Å². The summed E-state index contributed by atoms with van der Waals surface area (Å²) in [7, 11) is 0. The summed E-state index contributed by atoms with van der Waals surface area (Å²) in [5.41, 5.74) is 0.725. The van der Waals surface area contributed by atoms with E-state index in [1.54, 1.807) is 0 Å². The standard InChI is InChI=1S/C20H20O2S/c1-20(2,3)19(21)22-16-10-8-14(9-11-16)12-17-13-15-6-4-5-7-18(15)23-17/h4-11,13H,12H2,1-3H3. The Hall–Kier alpha value is -2.13. The summed E-state index contributed by atoms with van der Waals surface area (Å²) in [5, 5.41) is 1.29. The van der Waals surface area contributed by atoms with Crippen LogP contribution in [0, 0.1) is 5.41 Å². The van der Waals surface area contributed by atoms with Crippen molar-refractivity contribution in [2.75, 3.05) is 0 Å². The first-order chi connectivity index (χ1) is 10.9. The Bertz CT molecular complexity index is 790. The third kappa shape index (κ3) is 3.80. The first kappa shape index (κ1) is 15.8. The lowest BCUT2D eigenvalue weighted by Gasteiger charge is -2.16. The Morgan fingerprint density at radius 2 is 1.74 bits per heavy atom. The molecule has 2 nitrogen and oxygen atoms in total. The maximum Gasteiger partial charge on any atom is 0.316 e. The molecular weight excluding hydrogens is 304 g/mol. The SMILES string of the molecule is CC(C)(C)C(=O)Oc1ccc(Cc2cc3ccccc3s2)cc1. The zero-order valence-corrected chi connectivity index (χ0v) is 14.4. The molecule has 3 heteroatoms. The summed E-state index contributed by atoms with van der Waals surface area (Å²) in [6.07, 6.45) is 0.896. The van der Waals surface area contributed by atoms with Crippen LogP contribution in [0.25, 0.3) is 10.1 Å². The number of thiophene rings is 1. The Balaban J connectivity index is 1.71. The fourth-order valence-corrected chi connectivity index (χ4v) is 3.36. The topological polar surface area (TPSA) is 26.3 Å². The van der Waals surface area contributed by atoms with Crippen LogP contribution in [0.2, 0.25) is 0 Å². The van der Waals surface area contributed by atoms with Crippen molar-refractivity contribution >= 4 is 27.4 Å². The number of fused-ring (bicyclic) bond motifs is 1. The van der Waals surface area contributed by atoms with E-state index in [-0.39, 0.29) is 5.97 Å². The van der Waals surface area contributed by atoms with E-state index in [9.17, 15) is 4.79 Å². The highest BCUT2D eigenvalue weighted by Crippen LogP contribution is 2.27. The molecular formula is C20H20O2S. The lowest BCUT2D eigenvalue weighted by molar-refractivity contribution is -0.142. The molecule has 1 aromatic heterocycles. The van der Waals surface area contributed by atoms with E-state index in [0.717, 1.165) is 6.42 Å². The fourth-order valence-electron chi connectivity index (χ4n) is 2.26. The number of esters is 1. The minimum atomic E-state index is -0.490. The quantitative estimate of drug-likeness (QED) is 0.473. The second kappa shape index (κ2) is 6.17. The van der Waals surface area contributed by atoms with Crippen LogP contribution >= 0.6 is 11.3 Å². The second-order valence-electron chi connectivity index (χ2n) is 6.71. The highest BCUT2D eigenvalue weighted by Gasteiger charge is 2.23. The van der Waals surface area contributed by atoms with E-state index in [1.807, 2.05) is 56.4 Å². The first-order valence-corrected chi connectivity index (χ1v) is 8.52. The maximum absolute atomic E-state index is 11.9. The fraction of sp³-hybridized carbons (Fsp3) is 0.250. The molecule has 0 unspecified atom stereocenters. The summed E-state index contributed by atoms with van der Waals surface area (Å²) < 4.78 is 6.71. The van der Waals surface area contributed by atoms with Crippen LogP contribution in [0.1, 0.15) is 31.2 Å². The van der Waals surface area contributed by atoms with Crippen molar-refractivity contribution in [1.29, 1.82) is 0 Å². The number of ether oxygens (including phenoxy) is 1. The van der Waals surface area contributed by atoms with Gasteiger partial charge in [0.2, 0.25) is 0 Å². The molecule has 0 aliphatic rings. The van der Waals surface area contributed by atoms with Crippen molar-refractivity contribution in [3.8, 4) is 5.75 Å². The third-order valence-electron chi connectivity index (χ3n) is 3.60. The number of benzene rings is 2. The predicted octanol–water partition coefficient (Wildman–Crippen LogP) is 5.44. The molecule has 23 heavy (non-hydrogen) atoms. The minimum Gasteiger partial charge on any atom is -0.426 e. The minimum absolute atomic E-state index is 0.213. The predicted molar refractivity (Wildman–Crippen MR) is 96.2 cm³/mol. The Labute approximate surface area is 140 Å². The number of hydrogen-bond acceptors (Lipinski definition) is 3. The molecule has 3 aromatic rings. The van der Waals surface area contributed by atoms with Crippen LogP contribution in [0.5, 0.6) is 5.75 Å². The molecule has 0 saturated heterocycles. The highest BCUT2D eigenvalue weighted by molar-refractivity contribution is 7.19. The van der Waals surface area contributed by atoms with Gasteiger partial charge in [-0.1, -0.05) is 30.3 Å². The van der Waals surface area contributed by atoms with Gasteiger partial charge >= 0.3 is 5.97 Å². The summed E-state index contributed by atoms with van der Waals surface area (Å²) in [6.45, 7) is 5.56. The Morgan fingerprint density at radius 1 is 1.04 bits per heavy atom. The second-order valence-corrected chi connectivity index (χ2v) is 7.88. The van der Waals surface area contributed by atoms with Crippen molar-refractivity contribution in [2.45, 2.75) is 27.2 Å². The first-order valence-electron chi connectivity index (χ1n) is 7.70. The smallest absolute Gasteiger partial charge is 0.316 e. The van der Waals surface area contributed by atoms with Gasteiger partial charge in [0.15, 0.2) is 0 Å². The van der Waals surface area contributed by atoms with E-state index in [4.69, 9.17) is 4.74 Å². The van der Waals surface area contributed by atoms with Crippen molar-refractivity contribution in [3.63, 3.8) is 0 Å². The average molecular weight is 324 g/mol. The van der Waals surface area contributed by atoms with Gasteiger partial charge in [-0.05, 0) is 56.0 Å². The van der Waals surface area contributed by atoms with Crippen molar-refractivity contribution in [1.82, 2.24) is 0 Å². The monoisotopic (exact) mass is 324 g/mol. The summed E-state index contributed by atoms with van der Waals surface area (Å²) in [6, 6.07) is 18.5. The molecule has 2 aromatic carbocycles. The molecule has 0 aliphatic carbocycles. The van der Waals surface area contributed by atoms with Gasteiger partial charge in [0.25, 0.3) is 0 Å². The molecule has 1 heterocycles. The number of rotatable bonds is 3. The molecule has 118 valence electrons. The molecule has 0 fully saturated rings. The van der Waals surface area contributed by atoms with Crippen LogP contribution in [-0.2, 0) is 11.2 Å². The van der Waals surface area contributed by atoms with Crippen LogP contribution in [-0.4, -0.2) is 5.97 Å². The van der Waals surface area contributed by atoms with Gasteiger partial charge in [-0.15, -0.1) is 11.3 Å². The molecule has 0 bridgehead atoms. The van der Waals surface area contributed by atoms with Gasteiger partial charge < -0.3 is 4.74 Å². The Kier molecular flexibility index (Phi) is 4.22. The summed E-state index contributed by atoms with van der Waals surface area (Å²) in [5.74, 6) is 0.389. The van der Waals surface area contributed by atoms with Gasteiger partial charge in [-0.2, -0.15) is 0 Å². The van der Waals surface area contributed by atoms with Crippen LogP contribution < -0.4 is 4.74 Å². The normalized spacial score (nSPS) is 11.6. The van der Waals surface area contributed by atoms with Gasteiger partial charge in [0.1, 0.15) is 5.75 Å². The number of carbonyl (C=O) groups is 1. The van der Waals surface area contributed by atoms with Crippen LogP contribution in [0.3, 0.4) is 0 Å². The van der Waals surface area contributed by atoms with Gasteiger partial charge in [-0.25, -0.2) is 0 Å². The zero-order valence-electron chi connectivity index (χ0n) is 13.6. The number of hydrogen-bond donors (Lipinski definition) is 0. The Morgan fingerprint density at radius 3 is 2.39 bits per heavy atom. The van der Waals surface area contributed by atoms with E-state index in [1.165, 1.54) is 20.5 Å². The molecule has 0 atom stereocenters. The molecule has 3 rings (SSSR count). The van der Waals surface area contributed by atoms with Gasteiger partial charge in [0, 0.05) is 16.0 Å². The third-order valence-corrected chi connectivity index (χ3v) is 4.72. The van der Waals surface area contributed by atoms with E-state index < -0.39 is 5.41 Å². The maximum atomic E-state index is 11.9. The largest absolute Gasteiger partial charge is 0.426 e. The van der Waals surface area contributed by atoms with E-state index >= 15 is 0 Å². The molecule has 0 N–H and O–H groups in total. The lowest BCUT2D eigenvalue weighted by atomic mass is 9.97. The van der Waals surface area contributed by atoms with E-state index in [0.29, 0.717) is 5.75 Å². The molecule has 0 amide bonds. The van der Waals surface area contributed by atoms with Crippen LogP contribution in [0.4, 0.5) is 0 Å². The van der Waals surface area contributed by atoms with Crippen molar-refractivity contribution in [2.24, 2.45) is 5.41 Å². The molecule has 0 saturated carbocycles. The molecule has 0 radical (unpaired) electrons. The van der Waals surface area contributed by atoms with Gasteiger partial charge in [-0.3, -0.25) is 4.79 Å². The summed E-state index contributed by atoms with van der Waals surface area (Å²) in [4.78, 5) is 13.2. The van der Waals surface area contributed by atoms with Crippen LogP contribution in [0.15, 0.2) is 54.6 Å². The zero-order chi connectivity index (χ0) is 16.4. The summed E-state index contributed by atoms with van der Waals surface area (Å²) >= 11 is 1.82. The van der Waals surface area contributed by atoms with E-state index in [2.05, 4.69) is 30.3 Å². The van der Waals surface area contributed by atoms with Crippen molar-refractivity contribution in [3.05, 3.63) is 65.0 Å². The average Bonchev–Trinajstić information content (AvgIpc) is 2.90. The van der Waals surface area contributed by atoms with Gasteiger partial charge in [0.05, 0.1) is 5.41 Å². The molecule has 0 aliphatic heterocycles. The molecule has 0 spiro atoms.